The van der Waals surface area contributed by atoms with Crippen molar-refractivity contribution in [2.75, 3.05) is 59.5 Å². The summed E-state index contributed by atoms with van der Waals surface area (Å²) in [6.07, 6.45) is 3.40. The van der Waals surface area contributed by atoms with Crippen molar-refractivity contribution in [1.82, 2.24) is 20.4 Å². The number of benzene rings is 1. The first-order chi connectivity index (χ1) is 14.3. The number of nitrogens with zero attached hydrogens (tertiary/aromatic N) is 3. The number of aliphatic imine (C=N–C) groups is 1. The third-order valence-corrected chi connectivity index (χ3v) is 5.73. The van der Waals surface area contributed by atoms with Gasteiger partial charge >= 0.3 is 0 Å². The highest BCUT2D eigenvalue weighted by Crippen LogP contribution is 2.28. The molecule has 1 aromatic carbocycles. The van der Waals surface area contributed by atoms with Crippen molar-refractivity contribution in [1.29, 1.82) is 0 Å². The lowest BCUT2D eigenvalue weighted by molar-refractivity contribution is -0.139. The standard InChI is InChI=1S/C22H35N5O2/c1-23-22(25-11-17-29-18-19-6-3-2-4-7-19)24-10-12-26-13-15-27(16-14-26)21(28)20-8-5-9-20/h2-4,6-7,20H,5,8-18H2,1H3,(H2,23,24,25). The lowest BCUT2D eigenvalue weighted by Crippen LogP contribution is -2.52. The Morgan fingerprint density at radius 1 is 1.10 bits per heavy atom. The van der Waals surface area contributed by atoms with Crippen molar-refractivity contribution in [3.05, 3.63) is 35.9 Å². The molecule has 160 valence electrons. The number of carbonyl (C=O) groups is 1. The summed E-state index contributed by atoms with van der Waals surface area (Å²) in [4.78, 5) is 21.1. The average Bonchev–Trinajstić information content (AvgIpc) is 2.72. The predicted molar refractivity (Wildman–Crippen MR) is 116 cm³/mol. The van der Waals surface area contributed by atoms with Gasteiger partial charge in [-0.15, -0.1) is 0 Å². The molecule has 7 nitrogen and oxygen atoms in total. The molecule has 0 atom stereocenters. The smallest absolute Gasteiger partial charge is 0.225 e. The molecule has 2 aliphatic rings. The van der Waals surface area contributed by atoms with E-state index in [2.05, 4.69) is 37.6 Å². The van der Waals surface area contributed by atoms with E-state index in [1.54, 1.807) is 7.05 Å². The zero-order valence-corrected chi connectivity index (χ0v) is 17.6. The van der Waals surface area contributed by atoms with Crippen LogP contribution in [0.4, 0.5) is 0 Å². The molecule has 3 rings (SSSR count). The second-order valence-corrected chi connectivity index (χ2v) is 7.76. The first-order valence-electron chi connectivity index (χ1n) is 10.8. The first kappa shape index (κ1) is 21.6. The second kappa shape index (κ2) is 11.8. The zero-order valence-electron chi connectivity index (χ0n) is 17.6. The first-order valence-corrected chi connectivity index (χ1v) is 10.8. The Balaban J connectivity index is 1.22. The van der Waals surface area contributed by atoms with Gasteiger partial charge < -0.3 is 20.3 Å². The van der Waals surface area contributed by atoms with Gasteiger partial charge in [-0.25, -0.2) is 0 Å². The number of nitrogens with one attached hydrogen (secondary N) is 2. The van der Waals surface area contributed by atoms with Crippen LogP contribution < -0.4 is 10.6 Å². The summed E-state index contributed by atoms with van der Waals surface area (Å²) < 4.78 is 5.69. The monoisotopic (exact) mass is 401 g/mol. The van der Waals surface area contributed by atoms with Crippen LogP contribution in [0.2, 0.25) is 0 Å². The Labute approximate surface area is 174 Å². The fourth-order valence-corrected chi connectivity index (χ4v) is 3.66. The number of amides is 1. The van der Waals surface area contributed by atoms with Gasteiger partial charge in [-0.2, -0.15) is 0 Å². The third-order valence-electron chi connectivity index (χ3n) is 5.73. The normalized spacial score (nSPS) is 18.4. The molecule has 0 bridgehead atoms. The summed E-state index contributed by atoms with van der Waals surface area (Å²) in [5, 5.41) is 6.64. The fourth-order valence-electron chi connectivity index (χ4n) is 3.66. The molecule has 1 heterocycles. The lowest BCUT2D eigenvalue weighted by atomic mass is 9.84. The van der Waals surface area contributed by atoms with Crippen molar-refractivity contribution in [2.24, 2.45) is 10.9 Å². The molecule has 1 saturated carbocycles. The Morgan fingerprint density at radius 2 is 1.83 bits per heavy atom. The summed E-state index contributed by atoms with van der Waals surface area (Å²) >= 11 is 0. The lowest BCUT2D eigenvalue weighted by Gasteiger charge is -2.38. The van der Waals surface area contributed by atoms with Crippen LogP contribution in [-0.2, 0) is 16.1 Å². The van der Waals surface area contributed by atoms with Crippen LogP contribution >= 0.6 is 0 Å². The maximum Gasteiger partial charge on any atom is 0.225 e. The summed E-state index contributed by atoms with van der Waals surface area (Å²) in [6.45, 7) is 7.41. The number of hydrogen-bond acceptors (Lipinski definition) is 4. The molecular formula is C22H35N5O2. The van der Waals surface area contributed by atoms with Gasteiger partial charge in [0.15, 0.2) is 5.96 Å². The average molecular weight is 402 g/mol. The number of carbonyl (C=O) groups excluding carboxylic acids is 1. The van der Waals surface area contributed by atoms with Gasteiger partial charge in [-0.05, 0) is 18.4 Å². The van der Waals surface area contributed by atoms with Crippen molar-refractivity contribution in [2.45, 2.75) is 25.9 Å². The summed E-state index contributed by atoms with van der Waals surface area (Å²) in [7, 11) is 1.78. The van der Waals surface area contributed by atoms with E-state index >= 15 is 0 Å². The fraction of sp³-hybridized carbons (Fsp3) is 0.636. The van der Waals surface area contributed by atoms with E-state index < -0.39 is 0 Å². The molecule has 0 aromatic heterocycles. The molecule has 2 N–H and O–H groups in total. The van der Waals surface area contributed by atoms with Crippen LogP contribution in [0, 0.1) is 5.92 Å². The van der Waals surface area contributed by atoms with E-state index in [9.17, 15) is 4.79 Å². The van der Waals surface area contributed by atoms with E-state index in [0.29, 0.717) is 31.6 Å². The maximum atomic E-state index is 12.3. The van der Waals surface area contributed by atoms with E-state index in [0.717, 1.165) is 58.1 Å². The van der Waals surface area contributed by atoms with E-state index in [4.69, 9.17) is 4.74 Å². The van der Waals surface area contributed by atoms with Gasteiger partial charge in [0.05, 0.1) is 13.2 Å². The zero-order chi connectivity index (χ0) is 20.3. The summed E-state index contributed by atoms with van der Waals surface area (Å²) in [5.41, 5.74) is 1.18. The van der Waals surface area contributed by atoms with Crippen LogP contribution in [0.5, 0.6) is 0 Å². The molecule has 0 unspecified atom stereocenters. The molecule has 0 spiro atoms. The highest BCUT2D eigenvalue weighted by Gasteiger charge is 2.30. The number of hydrogen-bond donors (Lipinski definition) is 2. The van der Waals surface area contributed by atoms with Gasteiger partial charge in [0.1, 0.15) is 0 Å². The van der Waals surface area contributed by atoms with E-state index in [1.807, 2.05) is 18.2 Å². The van der Waals surface area contributed by atoms with Crippen LogP contribution in [0.15, 0.2) is 35.3 Å². The van der Waals surface area contributed by atoms with Crippen molar-refractivity contribution in [3.8, 4) is 0 Å². The minimum absolute atomic E-state index is 0.314. The molecule has 7 heteroatoms. The minimum atomic E-state index is 0.314. The Kier molecular flexibility index (Phi) is 8.77. The SMILES string of the molecule is CN=C(NCCOCc1ccccc1)NCCN1CCN(C(=O)C2CCC2)CC1. The largest absolute Gasteiger partial charge is 0.375 e. The topological polar surface area (TPSA) is 69.2 Å². The third kappa shape index (κ3) is 7.01. The van der Waals surface area contributed by atoms with Crippen molar-refractivity contribution in [3.63, 3.8) is 0 Å². The number of rotatable bonds is 9. The van der Waals surface area contributed by atoms with Crippen LogP contribution in [0.1, 0.15) is 24.8 Å². The summed E-state index contributed by atoms with van der Waals surface area (Å²) in [5.74, 6) is 1.49. The molecule has 1 amide bonds. The van der Waals surface area contributed by atoms with Gasteiger partial charge in [-0.1, -0.05) is 36.8 Å². The van der Waals surface area contributed by atoms with Crippen molar-refractivity contribution >= 4 is 11.9 Å². The van der Waals surface area contributed by atoms with E-state index in [1.165, 1.54) is 12.0 Å². The minimum Gasteiger partial charge on any atom is -0.375 e. The quantitative estimate of drug-likeness (QED) is 0.371. The van der Waals surface area contributed by atoms with Crippen LogP contribution in [0.3, 0.4) is 0 Å². The molecule has 1 saturated heterocycles. The van der Waals surface area contributed by atoms with Gasteiger partial charge in [0.2, 0.25) is 5.91 Å². The summed E-state index contributed by atoms with van der Waals surface area (Å²) in [6, 6.07) is 10.2. The molecular weight excluding hydrogens is 366 g/mol. The molecule has 29 heavy (non-hydrogen) atoms. The molecule has 1 aliphatic heterocycles. The predicted octanol–water partition coefficient (Wildman–Crippen LogP) is 1.31. The van der Waals surface area contributed by atoms with E-state index in [-0.39, 0.29) is 0 Å². The second-order valence-electron chi connectivity index (χ2n) is 7.76. The van der Waals surface area contributed by atoms with Crippen LogP contribution in [0.25, 0.3) is 0 Å². The number of piperazine rings is 1. The Morgan fingerprint density at radius 3 is 2.48 bits per heavy atom. The van der Waals surface area contributed by atoms with Gasteiger partial charge in [0.25, 0.3) is 0 Å². The maximum absolute atomic E-state index is 12.3. The van der Waals surface area contributed by atoms with Crippen molar-refractivity contribution < 1.29 is 9.53 Å². The Hall–Kier alpha value is -2.12. The number of ether oxygens (including phenoxy) is 1. The highest BCUT2D eigenvalue weighted by atomic mass is 16.5. The van der Waals surface area contributed by atoms with Crippen LogP contribution in [-0.4, -0.2) is 81.1 Å². The number of guanidine groups is 1. The molecule has 1 aliphatic carbocycles. The van der Waals surface area contributed by atoms with Gasteiger partial charge in [-0.3, -0.25) is 14.7 Å². The molecule has 1 aromatic rings. The molecule has 0 radical (unpaired) electrons. The highest BCUT2D eigenvalue weighted by molar-refractivity contribution is 5.80. The van der Waals surface area contributed by atoms with Gasteiger partial charge in [0, 0.05) is 58.8 Å². The molecule has 2 fully saturated rings. The Bertz CT molecular complexity index is 640.